The van der Waals surface area contributed by atoms with E-state index in [1.54, 1.807) is 18.2 Å². The highest BCUT2D eigenvalue weighted by molar-refractivity contribution is 7.92. The molecule has 0 saturated carbocycles. The van der Waals surface area contributed by atoms with Gasteiger partial charge in [-0.15, -0.1) is 0 Å². The zero-order valence-corrected chi connectivity index (χ0v) is 22.2. The summed E-state index contributed by atoms with van der Waals surface area (Å²) in [4.78, 5) is 12.7. The highest BCUT2D eigenvalue weighted by Crippen LogP contribution is 2.33. The van der Waals surface area contributed by atoms with Gasteiger partial charge in [0.05, 0.1) is 44.0 Å². The maximum absolute atomic E-state index is 13.8. The van der Waals surface area contributed by atoms with Crippen LogP contribution in [0.1, 0.15) is 5.56 Å². The summed E-state index contributed by atoms with van der Waals surface area (Å²) >= 11 is 5.92. The molecule has 0 heterocycles. The quantitative estimate of drug-likeness (QED) is 0.383. The van der Waals surface area contributed by atoms with Crippen LogP contribution < -0.4 is 28.6 Å². The molecule has 1 N–H and O–H groups in total. The molecule has 37 heavy (non-hydrogen) atoms. The SMILES string of the molecule is COc1ccc(CNC(=O)CN(c2ccc(F)c(Cl)c2)S(=O)(=O)c2ccc(OC)c(OC)c2)cc1OC. The number of benzene rings is 3. The van der Waals surface area contributed by atoms with Gasteiger partial charge in [-0.2, -0.15) is 0 Å². The topological polar surface area (TPSA) is 103 Å². The van der Waals surface area contributed by atoms with Crippen LogP contribution in [0.5, 0.6) is 23.0 Å². The number of hydrogen-bond donors (Lipinski definition) is 1. The molecule has 3 rings (SSSR count). The van der Waals surface area contributed by atoms with Crippen molar-refractivity contribution in [3.8, 4) is 23.0 Å². The molecule has 0 aliphatic heterocycles. The third-order valence-electron chi connectivity index (χ3n) is 5.36. The molecule has 1 amide bonds. The van der Waals surface area contributed by atoms with Gasteiger partial charge in [0.15, 0.2) is 23.0 Å². The molecule has 0 aromatic heterocycles. The Bertz CT molecular complexity index is 1390. The number of nitrogens with zero attached hydrogens (tertiary/aromatic N) is 1. The number of methoxy groups -OCH3 is 4. The van der Waals surface area contributed by atoms with Gasteiger partial charge in [0.25, 0.3) is 10.0 Å². The fourth-order valence-electron chi connectivity index (χ4n) is 3.44. The highest BCUT2D eigenvalue weighted by atomic mass is 35.5. The molecule has 0 bridgehead atoms. The maximum Gasteiger partial charge on any atom is 0.264 e. The van der Waals surface area contributed by atoms with Crippen LogP contribution in [0.3, 0.4) is 0 Å². The van der Waals surface area contributed by atoms with E-state index in [2.05, 4.69) is 5.32 Å². The zero-order chi connectivity index (χ0) is 27.2. The van der Waals surface area contributed by atoms with Crippen molar-refractivity contribution < 1.29 is 36.6 Å². The standard InChI is InChI=1S/C25H26ClFN2O7S/c1-33-21-9-5-16(11-23(21)35-3)14-28-25(30)15-29(17-6-8-20(27)19(26)12-17)37(31,32)18-7-10-22(34-2)24(13-18)36-4/h5-13H,14-15H2,1-4H3,(H,28,30). The number of rotatable bonds is 11. The van der Waals surface area contributed by atoms with E-state index in [0.717, 1.165) is 16.4 Å². The molecule has 0 aliphatic rings. The Hall–Kier alpha value is -3.70. The summed E-state index contributed by atoms with van der Waals surface area (Å²) in [6.07, 6.45) is 0. The lowest BCUT2D eigenvalue weighted by Crippen LogP contribution is -2.40. The van der Waals surface area contributed by atoms with Crippen molar-refractivity contribution in [2.45, 2.75) is 11.4 Å². The number of anilines is 1. The second-order valence-electron chi connectivity index (χ2n) is 7.59. The summed E-state index contributed by atoms with van der Waals surface area (Å²) in [6, 6.07) is 12.5. The molecule has 0 atom stereocenters. The molecule has 0 radical (unpaired) electrons. The summed E-state index contributed by atoms with van der Waals surface area (Å²) in [5.74, 6) is 0.168. The number of halogens is 2. The first-order valence-electron chi connectivity index (χ1n) is 10.8. The van der Waals surface area contributed by atoms with Crippen molar-refractivity contribution in [1.82, 2.24) is 5.32 Å². The number of nitrogens with one attached hydrogen (secondary N) is 1. The van der Waals surface area contributed by atoms with Gasteiger partial charge in [-0.1, -0.05) is 17.7 Å². The lowest BCUT2D eigenvalue weighted by atomic mass is 10.2. The Kier molecular flexibility index (Phi) is 9.06. The van der Waals surface area contributed by atoms with Gasteiger partial charge in [0, 0.05) is 12.6 Å². The number of carbonyl (C=O) groups is 1. The van der Waals surface area contributed by atoms with Crippen LogP contribution in [0.25, 0.3) is 0 Å². The van der Waals surface area contributed by atoms with Gasteiger partial charge in [-0.05, 0) is 48.0 Å². The summed E-state index contributed by atoms with van der Waals surface area (Å²) in [7, 11) is 1.47. The van der Waals surface area contributed by atoms with E-state index < -0.39 is 28.3 Å². The molecule has 0 unspecified atom stereocenters. The van der Waals surface area contributed by atoms with Gasteiger partial charge in [-0.25, -0.2) is 12.8 Å². The minimum absolute atomic E-state index is 0.00227. The van der Waals surface area contributed by atoms with Crippen LogP contribution in [0.2, 0.25) is 5.02 Å². The van der Waals surface area contributed by atoms with Crippen LogP contribution in [-0.4, -0.2) is 49.3 Å². The zero-order valence-electron chi connectivity index (χ0n) is 20.6. The third kappa shape index (κ3) is 6.36. The third-order valence-corrected chi connectivity index (χ3v) is 7.42. The highest BCUT2D eigenvalue weighted by Gasteiger charge is 2.29. The largest absolute Gasteiger partial charge is 0.493 e. The minimum atomic E-state index is -4.32. The number of ether oxygens (including phenoxy) is 4. The van der Waals surface area contributed by atoms with Gasteiger partial charge in [0.1, 0.15) is 12.4 Å². The van der Waals surface area contributed by atoms with Crippen molar-refractivity contribution in [3.63, 3.8) is 0 Å². The Labute approximate surface area is 219 Å². The normalized spacial score (nSPS) is 11.0. The molecule has 3 aromatic rings. The average molecular weight is 553 g/mol. The van der Waals surface area contributed by atoms with Gasteiger partial charge < -0.3 is 24.3 Å². The molecule has 9 nitrogen and oxygen atoms in total. The molecule has 0 saturated heterocycles. The van der Waals surface area contributed by atoms with Gasteiger partial charge in [-0.3, -0.25) is 9.10 Å². The van der Waals surface area contributed by atoms with Crippen LogP contribution in [0.4, 0.5) is 10.1 Å². The van der Waals surface area contributed by atoms with Crippen molar-refractivity contribution in [2.24, 2.45) is 0 Å². The van der Waals surface area contributed by atoms with Crippen LogP contribution in [0, 0.1) is 5.82 Å². The number of amides is 1. The molecular formula is C25H26ClFN2O7S. The molecule has 12 heteroatoms. The van der Waals surface area contributed by atoms with Crippen molar-refractivity contribution >= 4 is 33.2 Å². The lowest BCUT2D eigenvalue weighted by Gasteiger charge is -2.25. The van der Waals surface area contributed by atoms with E-state index in [1.165, 1.54) is 52.7 Å². The number of sulfonamides is 1. The van der Waals surface area contributed by atoms with E-state index >= 15 is 0 Å². The van der Waals surface area contributed by atoms with E-state index in [9.17, 15) is 17.6 Å². The van der Waals surface area contributed by atoms with Crippen LogP contribution in [0.15, 0.2) is 59.5 Å². The second kappa shape index (κ2) is 12.0. The second-order valence-corrected chi connectivity index (χ2v) is 9.86. The number of hydrogen-bond acceptors (Lipinski definition) is 7. The van der Waals surface area contributed by atoms with Crippen molar-refractivity contribution in [3.05, 3.63) is 71.0 Å². The molecule has 0 aliphatic carbocycles. The Balaban J connectivity index is 1.91. The first-order valence-corrected chi connectivity index (χ1v) is 12.6. The van der Waals surface area contributed by atoms with E-state index in [4.69, 9.17) is 30.5 Å². The summed E-state index contributed by atoms with van der Waals surface area (Å²) < 4.78 is 62.8. The fourth-order valence-corrected chi connectivity index (χ4v) is 5.04. The van der Waals surface area contributed by atoms with E-state index in [0.29, 0.717) is 22.8 Å². The predicted molar refractivity (Wildman–Crippen MR) is 137 cm³/mol. The minimum Gasteiger partial charge on any atom is -0.493 e. The smallest absolute Gasteiger partial charge is 0.264 e. The predicted octanol–water partition coefficient (Wildman–Crippen LogP) is 4.03. The molecule has 198 valence electrons. The fraction of sp³-hybridized carbons (Fsp3) is 0.240. The van der Waals surface area contributed by atoms with E-state index in [1.807, 2.05) is 0 Å². The van der Waals surface area contributed by atoms with Gasteiger partial charge >= 0.3 is 0 Å². The Morgan fingerprint density at radius 3 is 2.05 bits per heavy atom. The lowest BCUT2D eigenvalue weighted by molar-refractivity contribution is -0.119. The summed E-state index contributed by atoms with van der Waals surface area (Å²) in [5.41, 5.74) is 0.701. The molecule has 0 fully saturated rings. The Morgan fingerprint density at radius 2 is 1.46 bits per heavy atom. The molecule has 3 aromatic carbocycles. The van der Waals surface area contributed by atoms with E-state index in [-0.39, 0.29) is 27.9 Å². The number of carbonyl (C=O) groups excluding carboxylic acids is 1. The Morgan fingerprint density at radius 1 is 0.865 bits per heavy atom. The molecular weight excluding hydrogens is 527 g/mol. The first kappa shape index (κ1) is 27.9. The summed E-state index contributed by atoms with van der Waals surface area (Å²) in [6.45, 7) is -0.514. The van der Waals surface area contributed by atoms with Crippen LogP contribution >= 0.6 is 11.6 Å². The monoisotopic (exact) mass is 552 g/mol. The molecule has 0 spiro atoms. The summed E-state index contributed by atoms with van der Waals surface area (Å²) in [5, 5.41) is 2.39. The first-order chi connectivity index (χ1) is 17.6. The van der Waals surface area contributed by atoms with Crippen molar-refractivity contribution in [1.29, 1.82) is 0 Å². The average Bonchev–Trinajstić information content (AvgIpc) is 2.91. The van der Waals surface area contributed by atoms with Crippen molar-refractivity contribution in [2.75, 3.05) is 39.3 Å². The van der Waals surface area contributed by atoms with Gasteiger partial charge in [0.2, 0.25) is 5.91 Å². The van der Waals surface area contributed by atoms with Crippen LogP contribution in [-0.2, 0) is 21.4 Å². The maximum atomic E-state index is 13.8.